The van der Waals surface area contributed by atoms with Gasteiger partial charge in [-0.1, -0.05) is 23.8 Å². The average molecular weight is 310 g/mol. The van der Waals surface area contributed by atoms with Crippen molar-refractivity contribution in [3.63, 3.8) is 0 Å². The summed E-state index contributed by atoms with van der Waals surface area (Å²) in [7, 11) is 0. The molecule has 0 saturated carbocycles. The minimum atomic E-state index is -0.457. The van der Waals surface area contributed by atoms with Crippen LogP contribution >= 0.6 is 0 Å². The molecular weight excluding hydrogens is 288 g/mol. The van der Waals surface area contributed by atoms with E-state index in [-0.39, 0.29) is 12.4 Å². The molecule has 0 spiro atoms. The van der Waals surface area contributed by atoms with Crippen molar-refractivity contribution >= 4 is 11.8 Å². The number of Topliss-reactive ketones (excluding diaryl/α,β-unsaturated/α-hetero) is 1. The normalized spacial score (nSPS) is 10.5. The molecular formula is C20H22O3. The Kier molecular flexibility index (Phi) is 4.99. The Morgan fingerprint density at radius 3 is 2.13 bits per heavy atom. The van der Waals surface area contributed by atoms with Crippen LogP contribution in [0.3, 0.4) is 0 Å². The first kappa shape index (κ1) is 16.9. The molecule has 0 aliphatic carbocycles. The molecule has 0 fully saturated rings. The quantitative estimate of drug-likeness (QED) is 0.625. The van der Waals surface area contributed by atoms with Gasteiger partial charge in [-0.25, -0.2) is 4.79 Å². The van der Waals surface area contributed by atoms with Crippen LogP contribution < -0.4 is 0 Å². The zero-order valence-corrected chi connectivity index (χ0v) is 14.3. The lowest BCUT2D eigenvalue weighted by atomic mass is 9.98. The molecule has 120 valence electrons. The number of benzene rings is 2. The molecule has 0 N–H and O–H groups in total. The van der Waals surface area contributed by atoms with Gasteiger partial charge in [-0.2, -0.15) is 0 Å². The summed E-state index contributed by atoms with van der Waals surface area (Å²) in [5, 5.41) is 0. The highest BCUT2D eigenvalue weighted by atomic mass is 16.5. The Bertz CT molecular complexity index is 773. The van der Waals surface area contributed by atoms with E-state index in [0.717, 1.165) is 27.8 Å². The second-order valence-electron chi connectivity index (χ2n) is 6.07. The summed E-state index contributed by atoms with van der Waals surface area (Å²) in [5.41, 5.74) is 6.05. The molecule has 0 amide bonds. The highest BCUT2D eigenvalue weighted by molar-refractivity contribution is 6.00. The summed E-state index contributed by atoms with van der Waals surface area (Å²) in [6.07, 6.45) is 0. The number of hydrogen-bond donors (Lipinski definition) is 0. The number of hydrogen-bond acceptors (Lipinski definition) is 3. The Morgan fingerprint density at radius 2 is 1.43 bits per heavy atom. The van der Waals surface area contributed by atoms with Crippen molar-refractivity contribution in [1.29, 1.82) is 0 Å². The summed E-state index contributed by atoms with van der Waals surface area (Å²) >= 11 is 0. The minimum absolute atomic E-state index is 0.177. The van der Waals surface area contributed by atoms with Gasteiger partial charge in [0.2, 0.25) is 5.78 Å². The van der Waals surface area contributed by atoms with Crippen molar-refractivity contribution < 1.29 is 14.3 Å². The Balaban J connectivity index is 2.11. The number of ketones is 1. The van der Waals surface area contributed by atoms with Crippen LogP contribution in [0.4, 0.5) is 0 Å². The van der Waals surface area contributed by atoms with E-state index >= 15 is 0 Å². The second-order valence-corrected chi connectivity index (χ2v) is 6.07. The molecule has 0 unspecified atom stereocenters. The number of ether oxygens (including phenoxy) is 1. The molecule has 2 rings (SSSR count). The van der Waals surface area contributed by atoms with Gasteiger partial charge in [0.05, 0.1) is 5.56 Å². The number of rotatable bonds is 4. The van der Waals surface area contributed by atoms with Gasteiger partial charge < -0.3 is 4.74 Å². The first-order valence-corrected chi connectivity index (χ1v) is 7.65. The zero-order chi connectivity index (χ0) is 17.1. The zero-order valence-electron chi connectivity index (χ0n) is 14.3. The minimum Gasteiger partial charge on any atom is -0.454 e. The van der Waals surface area contributed by atoms with E-state index in [2.05, 4.69) is 0 Å². The van der Waals surface area contributed by atoms with Gasteiger partial charge in [0.1, 0.15) is 0 Å². The van der Waals surface area contributed by atoms with Gasteiger partial charge in [-0.3, -0.25) is 4.79 Å². The first-order chi connectivity index (χ1) is 10.8. The molecule has 0 bridgehead atoms. The summed E-state index contributed by atoms with van der Waals surface area (Å²) in [5.74, 6) is -0.634. The van der Waals surface area contributed by atoms with E-state index in [1.807, 2.05) is 58.9 Å². The SMILES string of the molecule is Cc1ccc(C)c(C(=O)OCC(=O)c2cc(C)c(C)cc2C)c1. The van der Waals surface area contributed by atoms with E-state index < -0.39 is 5.97 Å². The molecule has 0 saturated heterocycles. The van der Waals surface area contributed by atoms with Crippen LogP contribution in [-0.2, 0) is 4.74 Å². The molecule has 0 aromatic heterocycles. The fraction of sp³-hybridized carbons (Fsp3) is 0.300. The third-order valence-corrected chi connectivity index (χ3v) is 4.09. The van der Waals surface area contributed by atoms with Crippen LogP contribution in [0.1, 0.15) is 48.5 Å². The number of esters is 1. The fourth-order valence-corrected chi connectivity index (χ4v) is 2.50. The van der Waals surface area contributed by atoms with Crippen molar-refractivity contribution in [3.05, 3.63) is 69.3 Å². The van der Waals surface area contributed by atoms with Crippen LogP contribution in [-0.4, -0.2) is 18.4 Å². The van der Waals surface area contributed by atoms with Gasteiger partial charge in [0.15, 0.2) is 6.61 Å². The van der Waals surface area contributed by atoms with Crippen molar-refractivity contribution in [2.24, 2.45) is 0 Å². The maximum absolute atomic E-state index is 12.3. The van der Waals surface area contributed by atoms with Gasteiger partial charge in [0, 0.05) is 5.56 Å². The molecule has 2 aromatic carbocycles. The summed E-state index contributed by atoms with van der Waals surface area (Å²) in [6, 6.07) is 9.44. The lowest BCUT2D eigenvalue weighted by Gasteiger charge is -2.10. The van der Waals surface area contributed by atoms with Gasteiger partial charge in [-0.05, 0) is 69.0 Å². The van der Waals surface area contributed by atoms with Crippen LogP contribution in [0.2, 0.25) is 0 Å². The predicted molar refractivity (Wildman–Crippen MR) is 91.2 cm³/mol. The summed E-state index contributed by atoms with van der Waals surface area (Å²) in [6.45, 7) is 9.40. The smallest absolute Gasteiger partial charge is 0.338 e. The highest BCUT2D eigenvalue weighted by Crippen LogP contribution is 2.17. The molecule has 3 heteroatoms. The standard InChI is InChI=1S/C20H22O3/c1-12-6-7-13(2)18(8-12)20(22)23-11-19(21)17-10-15(4)14(3)9-16(17)5/h6-10H,11H2,1-5H3. The van der Waals surface area contributed by atoms with Gasteiger partial charge >= 0.3 is 5.97 Å². The topological polar surface area (TPSA) is 43.4 Å². The van der Waals surface area contributed by atoms with Crippen molar-refractivity contribution in [1.82, 2.24) is 0 Å². The largest absolute Gasteiger partial charge is 0.454 e. The van der Waals surface area contributed by atoms with E-state index in [4.69, 9.17) is 4.74 Å². The number of carbonyl (C=O) groups excluding carboxylic acids is 2. The lowest BCUT2D eigenvalue weighted by molar-refractivity contribution is 0.0473. The van der Waals surface area contributed by atoms with E-state index in [1.54, 1.807) is 6.07 Å². The lowest BCUT2D eigenvalue weighted by Crippen LogP contribution is -2.16. The van der Waals surface area contributed by atoms with Crippen LogP contribution in [0.15, 0.2) is 30.3 Å². The molecule has 0 radical (unpaired) electrons. The van der Waals surface area contributed by atoms with E-state index in [0.29, 0.717) is 11.1 Å². The second kappa shape index (κ2) is 6.78. The summed E-state index contributed by atoms with van der Waals surface area (Å²) in [4.78, 5) is 24.5. The van der Waals surface area contributed by atoms with Crippen molar-refractivity contribution in [3.8, 4) is 0 Å². The molecule has 0 aliphatic rings. The third kappa shape index (κ3) is 3.86. The highest BCUT2D eigenvalue weighted by Gasteiger charge is 2.16. The monoisotopic (exact) mass is 310 g/mol. The molecule has 0 heterocycles. The first-order valence-electron chi connectivity index (χ1n) is 7.65. The predicted octanol–water partition coefficient (Wildman–Crippen LogP) is 4.27. The molecule has 23 heavy (non-hydrogen) atoms. The van der Waals surface area contributed by atoms with Gasteiger partial charge in [0.25, 0.3) is 0 Å². The number of aryl methyl sites for hydroxylation is 5. The maximum atomic E-state index is 12.3. The van der Waals surface area contributed by atoms with Crippen LogP contribution in [0.25, 0.3) is 0 Å². The van der Waals surface area contributed by atoms with E-state index in [9.17, 15) is 9.59 Å². The molecule has 0 atom stereocenters. The molecule has 2 aromatic rings. The van der Waals surface area contributed by atoms with Crippen LogP contribution in [0, 0.1) is 34.6 Å². The Morgan fingerprint density at radius 1 is 0.783 bits per heavy atom. The van der Waals surface area contributed by atoms with Crippen LogP contribution in [0.5, 0.6) is 0 Å². The van der Waals surface area contributed by atoms with Crippen molar-refractivity contribution in [2.45, 2.75) is 34.6 Å². The Labute approximate surface area is 137 Å². The van der Waals surface area contributed by atoms with Gasteiger partial charge in [-0.15, -0.1) is 0 Å². The summed E-state index contributed by atoms with van der Waals surface area (Å²) < 4.78 is 5.22. The van der Waals surface area contributed by atoms with Crippen molar-refractivity contribution in [2.75, 3.05) is 6.61 Å². The Hall–Kier alpha value is -2.42. The third-order valence-electron chi connectivity index (χ3n) is 4.09. The van der Waals surface area contributed by atoms with E-state index in [1.165, 1.54) is 0 Å². The maximum Gasteiger partial charge on any atom is 0.338 e. The fourth-order valence-electron chi connectivity index (χ4n) is 2.50. The number of carbonyl (C=O) groups is 2. The average Bonchev–Trinajstić information content (AvgIpc) is 2.50. The molecule has 3 nitrogen and oxygen atoms in total. The molecule has 0 aliphatic heterocycles.